The lowest BCUT2D eigenvalue weighted by Crippen LogP contribution is -2.53. The zero-order valence-corrected chi connectivity index (χ0v) is 13.7. The molecule has 130 valence electrons. The molecular formula is C17H24N4O3. The van der Waals surface area contributed by atoms with Crippen molar-refractivity contribution in [3.63, 3.8) is 0 Å². The van der Waals surface area contributed by atoms with Crippen molar-refractivity contribution in [2.75, 3.05) is 36.9 Å². The largest absolute Gasteiger partial charge is 0.378 e. The van der Waals surface area contributed by atoms with Crippen LogP contribution in [-0.4, -0.2) is 49.2 Å². The van der Waals surface area contributed by atoms with Crippen LogP contribution in [0.15, 0.2) is 24.3 Å². The number of nitrogens with two attached hydrogens (primary N) is 1. The summed E-state index contributed by atoms with van der Waals surface area (Å²) in [5.74, 6) is 0.631. The van der Waals surface area contributed by atoms with Crippen molar-refractivity contribution in [2.24, 2.45) is 11.7 Å². The standard InChI is InChI=1S/C17H24N4O3/c18-17(23)20-14-6-2-5-13(9-14)19-16(22)15-11-24-8-7-21(15)10-12-3-1-4-12/h2,5-6,9,12,15H,1,3-4,7-8,10-11H2,(H,19,22)(H3,18,20,23)/t15-/m1/s1. The number of nitrogens with one attached hydrogen (secondary N) is 2. The number of nitrogens with zero attached hydrogens (tertiary/aromatic N) is 1. The van der Waals surface area contributed by atoms with Crippen LogP contribution in [-0.2, 0) is 9.53 Å². The summed E-state index contributed by atoms with van der Waals surface area (Å²) in [5.41, 5.74) is 6.29. The Morgan fingerprint density at radius 3 is 2.67 bits per heavy atom. The minimum absolute atomic E-state index is 0.0785. The second kappa shape index (κ2) is 7.63. The molecule has 1 heterocycles. The molecule has 0 unspecified atom stereocenters. The fraction of sp³-hybridized carbons (Fsp3) is 0.529. The van der Waals surface area contributed by atoms with Crippen molar-refractivity contribution in [3.8, 4) is 0 Å². The molecule has 1 aliphatic carbocycles. The monoisotopic (exact) mass is 332 g/mol. The van der Waals surface area contributed by atoms with Gasteiger partial charge in [0.15, 0.2) is 0 Å². The van der Waals surface area contributed by atoms with Crippen molar-refractivity contribution in [1.82, 2.24) is 4.90 Å². The lowest BCUT2D eigenvalue weighted by Gasteiger charge is -2.39. The van der Waals surface area contributed by atoms with Crippen molar-refractivity contribution in [3.05, 3.63) is 24.3 Å². The summed E-state index contributed by atoms with van der Waals surface area (Å²) in [5, 5.41) is 5.41. The first kappa shape index (κ1) is 16.7. The predicted molar refractivity (Wildman–Crippen MR) is 91.8 cm³/mol. The fourth-order valence-electron chi connectivity index (χ4n) is 3.15. The Morgan fingerprint density at radius 1 is 1.25 bits per heavy atom. The van der Waals surface area contributed by atoms with Gasteiger partial charge in [-0.1, -0.05) is 12.5 Å². The molecule has 1 atom stereocenters. The highest BCUT2D eigenvalue weighted by atomic mass is 16.5. The van der Waals surface area contributed by atoms with E-state index in [1.54, 1.807) is 24.3 Å². The van der Waals surface area contributed by atoms with Gasteiger partial charge in [-0.2, -0.15) is 0 Å². The Balaban J connectivity index is 1.62. The predicted octanol–water partition coefficient (Wildman–Crippen LogP) is 1.62. The van der Waals surface area contributed by atoms with Gasteiger partial charge in [0.25, 0.3) is 0 Å². The molecule has 3 amide bonds. The number of amides is 3. The molecule has 1 aromatic carbocycles. The summed E-state index contributed by atoms with van der Waals surface area (Å²) < 4.78 is 5.50. The van der Waals surface area contributed by atoms with Crippen LogP contribution in [0.2, 0.25) is 0 Å². The number of hydrogen-bond donors (Lipinski definition) is 3. The van der Waals surface area contributed by atoms with Gasteiger partial charge in [-0.05, 0) is 37.0 Å². The van der Waals surface area contributed by atoms with Crippen LogP contribution in [0.5, 0.6) is 0 Å². The van der Waals surface area contributed by atoms with E-state index >= 15 is 0 Å². The molecule has 1 saturated heterocycles. The van der Waals surface area contributed by atoms with Gasteiger partial charge in [0.1, 0.15) is 6.04 Å². The first-order valence-corrected chi connectivity index (χ1v) is 8.41. The van der Waals surface area contributed by atoms with E-state index in [1.807, 2.05) is 0 Å². The third-order valence-corrected chi connectivity index (χ3v) is 4.66. The van der Waals surface area contributed by atoms with Gasteiger partial charge in [0.2, 0.25) is 5.91 Å². The van der Waals surface area contributed by atoms with Crippen LogP contribution in [0.1, 0.15) is 19.3 Å². The topological polar surface area (TPSA) is 96.7 Å². The van der Waals surface area contributed by atoms with Crippen LogP contribution in [0.4, 0.5) is 16.2 Å². The van der Waals surface area contributed by atoms with E-state index in [0.717, 1.165) is 13.1 Å². The normalized spacial score (nSPS) is 21.8. The number of ether oxygens (including phenoxy) is 1. The van der Waals surface area contributed by atoms with Crippen LogP contribution < -0.4 is 16.4 Å². The summed E-state index contributed by atoms with van der Waals surface area (Å²) in [6.07, 6.45) is 3.81. The molecule has 1 aromatic rings. The third-order valence-electron chi connectivity index (χ3n) is 4.66. The quantitative estimate of drug-likeness (QED) is 0.763. The first-order valence-electron chi connectivity index (χ1n) is 8.41. The lowest BCUT2D eigenvalue weighted by atomic mass is 9.84. The van der Waals surface area contributed by atoms with Gasteiger partial charge in [-0.25, -0.2) is 4.79 Å². The highest BCUT2D eigenvalue weighted by Gasteiger charge is 2.32. The molecule has 0 radical (unpaired) electrons. The Kier molecular flexibility index (Phi) is 5.32. The third kappa shape index (κ3) is 4.24. The van der Waals surface area contributed by atoms with Crippen LogP contribution >= 0.6 is 0 Å². The first-order chi connectivity index (χ1) is 11.6. The zero-order chi connectivity index (χ0) is 16.9. The smallest absolute Gasteiger partial charge is 0.316 e. The fourth-order valence-corrected chi connectivity index (χ4v) is 3.15. The number of morpholine rings is 1. The minimum Gasteiger partial charge on any atom is -0.378 e. The zero-order valence-electron chi connectivity index (χ0n) is 13.7. The number of primary amides is 1. The van der Waals surface area contributed by atoms with Gasteiger partial charge < -0.3 is 21.1 Å². The molecule has 0 bridgehead atoms. The van der Waals surface area contributed by atoms with Crippen LogP contribution in [0.3, 0.4) is 0 Å². The molecule has 24 heavy (non-hydrogen) atoms. The number of carbonyl (C=O) groups is 2. The number of carbonyl (C=O) groups excluding carboxylic acids is 2. The maximum Gasteiger partial charge on any atom is 0.316 e. The van der Waals surface area contributed by atoms with Crippen LogP contribution in [0.25, 0.3) is 0 Å². The SMILES string of the molecule is NC(=O)Nc1cccc(NC(=O)[C@H]2COCCN2CC2CCC2)c1. The van der Waals surface area contributed by atoms with Gasteiger partial charge in [-0.3, -0.25) is 9.69 Å². The lowest BCUT2D eigenvalue weighted by molar-refractivity contribution is -0.128. The van der Waals surface area contributed by atoms with E-state index in [2.05, 4.69) is 15.5 Å². The van der Waals surface area contributed by atoms with E-state index in [-0.39, 0.29) is 11.9 Å². The van der Waals surface area contributed by atoms with Crippen molar-refractivity contribution >= 4 is 23.3 Å². The maximum absolute atomic E-state index is 12.7. The average Bonchev–Trinajstić information content (AvgIpc) is 2.51. The van der Waals surface area contributed by atoms with E-state index in [1.165, 1.54) is 19.3 Å². The van der Waals surface area contributed by atoms with E-state index < -0.39 is 6.03 Å². The highest BCUT2D eigenvalue weighted by Crippen LogP contribution is 2.28. The van der Waals surface area contributed by atoms with E-state index in [9.17, 15) is 9.59 Å². The van der Waals surface area contributed by atoms with Gasteiger partial charge >= 0.3 is 6.03 Å². The van der Waals surface area contributed by atoms with Gasteiger partial charge in [0, 0.05) is 24.5 Å². The van der Waals surface area contributed by atoms with Gasteiger partial charge in [-0.15, -0.1) is 0 Å². The molecule has 4 N–H and O–H groups in total. The molecule has 0 aromatic heterocycles. The van der Waals surface area contributed by atoms with Crippen molar-refractivity contribution < 1.29 is 14.3 Å². The summed E-state index contributed by atoms with van der Waals surface area (Å²) in [6, 6.07) is 6.03. The molecule has 7 nitrogen and oxygen atoms in total. The number of hydrogen-bond acceptors (Lipinski definition) is 4. The summed E-state index contributed by atoms with van der Waals surface area (Å²) >= 11 is 0. The van der Waals surface area contributed by atoms with Crippen molar-refractivity contribution in [2.45, 2.75) is 25.3 Å². The Morgan fingerprint density at radius 2 is 2.00 bits per heavy atom. The Bertz CT molecular complexity index is 603. The summed E-state index contributed by atoms with van der Waals surface area (Å²) in [7, 11) is 0. The highest BCUT2D eigenvalue weighted by molar-refractivity contribution is 5.96. The number of urea groups is 1. The molecule has 1 saturated carbocycles. The summed E-state index contributed by atoms with van der Waals surface area (Å²) in [4.78, 5) is 25.8. The molecule has 2 aliphatic rings. The van der Waals surface area contributed by atoms with Gasteiger partial charge in [0.05, 0.1) is 13.2 Å². The van der Waals surface area contributed by atoms with E-state index in [4.69, 9.17) is 10.5 Å². The molecular weight excluding hydrogens is 308 g/mol. The molecule has 0 spiro atoms. The Hall–Kier alpha value is -2.12. The number of rotatable bonds is 5. The minimum atomic E-state index is -0.633. The number of anilines is 2. The average molecular weight is 332 g/mol. The second-order valence-electron chi connectivity index (χ2n) is 6.44. The molecule has 1 aliphatic heterocycles. The molecule has 3 rings (SSSR count). The summed E-state index contributed by atoms with van der Waals surface area (Å²) in [6.45, 7) is 2.84. The Labute approximate surface area is 141 Å². The van der Waals surface area contributed by atoms with Crippen molar-refractivity contribution in [1.29, 1.82) is 0 Å². The van der Waals surface area contributed by atoms with Crippen LogP contribution in [0, 0.1) is 5.92 Å². The number of benzene rings is 1. The van der Waals surface area contributed by atoms with E-state index in [0.29, 0.717) is 30.5 Å². The second-order valence-corrected chi connectivity index (χ2v) is 6.44. The molecule has 7 heteroatoms. The maximum atomic E-state index is 12.7. The molecule has 2 fully saturated rings.